The van der Waals surface area contributed by atoms with E-state index in [4.69, 9.17) is 15.6 Å². The van der Waals surface area contributed by atoms with Gasteiger partial charge in [-0.25, -0.2) is 0 Å². The Morgan fingerprint density at radius 2 is 2.18 bits per heavy atom. The Hall–Kier alpha value is -1.06. The zero-order chi connectivity index (χ0) is 12.7. The zero-order valence-electron chi connectivity index (χ0n) is 10.8. The van der Waals surface area contributed by atoms with Crippen molar-refractivity contribution in [3.05, 3.63) is 29.3 Å². The van der Waals surface area contributed by atoms with Gasteiger partial charge in [-0.15, -0.1) is 0 Å². The minimum absolute atomic E-state index is 0.143. The molecule has 0 aliphatic heterocycles. The number of rotatable bonds is 7. The van der Waals surface area contributed by atoms with Crippen LogP contribution in [0.25, 0.3) is 0 Å². The Labute approximate surface area is 104 Å². The van der Waals surface area contributed by atoms with Gasteiger partial charge in [-0.2, -0.15) is 0 Å². The molecule has 0 aromatic heterocycles. The van der Waals surface area contributed by atoms with Gasteiger partial charge in [0.25, 0.3) is 0 Å². The van der Waals surface area contributed by atoms with E-state index in [0.717, 1.165) is 25.2 Å². The molecule has 0 fully saturated rings. The van der Waals surface area contributed by atoms with Gasteiger partial charge in [0.15, 0.2) is 0 Å². The zero-order valence-corrected chi connectivity index (χ0v) is 10.8. The molecule has 1 aromatic carbocycles. The van der Waals surface area contributed by atoms with Gasteiger partial charge in [-0.05, 0) is 55.5 Å². The largest absolute Gasteiger partial charge is 0.494 e. The van der Waals surface area contributed by atoms with E-state index in [-0.39, 0.29) is 12.5 Å². The number of hydrogen-bond acceptors (Lipinski definition) is 3. The van der Waals surface area contributed by atoms with Crippen molar-refractivity contribution in [3.8, 4) is 5.75 Å². The first-order valence-corrected chi connectivity index (χ1v) is 6.24. The van der Waals surface area contributed by atoms with E-state index < -0.39 is 0 Å². The molecule has 0 aliphatic carbocycles. The monoisotopic (exact) mass is 237 g/mol. The highest BCUT2D eigenvalue weighted by Gasteiger charge is 2.08. The summed E-state index contributed by atoms with van der Waals surface area (Å²) in [5, 5.41) is 9.14. The molecule has 0 bridgehead atoms. The van der Waals surface area contributed by atoms with Crippen LogP contribution in [0.5, 0.6) is 5.75 Å². The van der Waals surface area contributed by atoms with Crippen LogP contribution in [-0.2, 0) is 6.42 Å². The highest BCUT2D eigenvalue weighted by molar-refractivity contribution is 5.35. The number of ether oxygens (including phenoxy) is 1. The molecule has 0 saturated heterocycles. The second-order valence-electron chi connectivity index (χ2n) is 4.43. The van der Waals surface area contributed by atoms with Gasteiger partial charge in [0.05, 0.1) is 6.61 Å². The Morgan fingerprint density at radius 1 is 1.41 bits per heavy atom. The molecule has 1 unspecified atom stereocenters. The van der Waals surface area contributed by atoms with E-state index in [9.17, 15) is 0 Å². The summed E-state index contributed by atoms with van der Waals surface area (Å²) in [4.78, 5) is 0. The molecular weight excluding hydrogens is 214 g/mol. The first kappa shape index (κ1) is 14.0. The van der Waals surface area contributed by atoms with Gasteiger partial charge in [-0.3, -0.25) is 0 Å². The molecule has 1 aromatic rings. The van der Waals surface area contributed by atoms with Crippen LogP contribution in [-0.4, -0.2) is 24.9 Å². The second kappa shape index (κ2) is 7.30. The fraction of sp³-hybridized carbons (Fsp3) is 0.571. The van der Waals surface area contributed by atoms with Crippen molar-refractivity contribution < 1.29 is 9.84 Å². The summed E-state index contributed by atoms with van der Waals surface area (Å²) in [5.74, 6) is 1.07. The topological polar surface area (TPSA) is 55.5 Å². The number of aryl methyl sites for hydroxylation is 1. The van der Waals surface area contributed by atoms with Gasteiger partial charge < -0.3 is 15.6 Å². The summed E-state index contributed by atoms with van der Waals surface area (Å²) in [5.41, 5.74) is 8.03. The lowest BCUT2D eigenvalue weighted by Gasteiger charge is -2.14. The smallest absolute Gasteiger partial charge is 0.119 e. The molecule has 17 heavy (non-hydrogen) atoms. The van der Waals surface area contributed by atoms with Crippen LogP contribution in [0.1, 0.15) is 24.5 Å². The molecule has 0 amide bonds. The average molecular weight is 237 g/mol. The Morgan fingerprint density at radius 3 is 2.71 bits per heavy atom. The number of nitrogens with two attached hydrogens (primary N) is 1. The van der Waals surface area contributed by atoms with Gasteiger partial charge in [-0.1, -0.05) is 13.0 Å². The van der Waals surface area contributed by atoms with Crippen molar-refractivity contribution in [1.82, 2.24) is 0 Å². The molecular formula is C14H23NO2. The van der Waals surface area contributed by atoms with E-state index in [1.807, 2.05) is 6.07 Å². The SMILES string of the molecule is CCCOc1ccc(CC(CN)CO)c(C)c1. The standard InChI is InChI=1S/C14H23NO2/c1-3-6-17-14-5-4-13(11(2)7-14)8-12(9-15)10-16/h4-5,7,12,16H,3,6,8-10,15H2,1-2H3. The minimum atomic E-state index is 0.143. The molecule has 1 rings (SSSR count). The van der Waals surface area contributed by atoms with Crippen molar-refractivity contribution in [2.45, 2.75) is 26.7 Å². The Kier molecular flexibility index (Phi) is 6.01. The van der Waals surface area contributed by atoms with Crippen LogP contribution in [0, 0.1) is 12.8 Å². The Bertz CT molecular complexity index is 335. The van der Waals surface area contributed by atoms with Gasteiger partial charge >= 0.3 is 0 Å². The van der Waals surface area contributed by atoms with Crippen LogP contribution in [0.4, 0.5) is 0 Å². The molecule has 3 heteroatoms. The van der Waals surface area contributed by atoms with Crippen molar-refractivity contribution in [2.24, 2.45) is 11.7 Å². The minimum Gasteiger partial charge on any atom is -0.494 e. The molecule has 0 aliphatic rings. The second-order valence-corrected chi connectivity index (χ2v) is 4.43. The lowest BCUT2D eigenvalue weighted by atomic mass is 9.96. The van der Waals surface area contributed by atoms with Crippen molar-refractivity contribution in [2.75, 3.05) is 19.8 Å². The third-order valence-electron chi connectivity index (χ3n) is 2.89. The summed E-state index contributed by atoms with van der Waals surface area (Å²) >= 11 is 0. The third-order valence-corrected chi connectivity index (χ3v) is 2.89. The lowest BCUT2D eigenvalue weighted by molar-refractivity contribution is 0.229. The molecule has 0 heterocycles. The van der Waals surface area contributed by atoms with Gasteiger partial charge in [0, 0.05) is 6.61 Å². The van der Waals surface area contributed by atoms with Crippen LogP contribution >= 0.6 is 0 Å². The maximum atomic E-state index is 9.14. The van der Waals surface area contributed by atoms with E-state index >= 15 is 0 Å². The van der Waals surface area contributed by atoms with Crippen molar-refractivity contribution >= 4 is 0 Å². The first-order valence-electron chi connectivity index (χ1n) is 6.24. The summed E-state index contributed by atoms with van der Waals surface area (Å²) in [7, 11) is 0. The maximum Gasteiger partial charge on any atom is 0.119 e. The number of aliphatic hydroxyl groups is 1. The number of hydrogen-bond donors (Lipinski definition) is 2. The molecule has 96 valence electrons. The maximum absolute atomic E-state index is 9.14. The van der Waals surface area contributed by atoms with E-state index in [0.29, 0.717) is 6.54 Å². The predicted molar refractivity (Wildman–Crippen MR) is 70.3 cm³/mol. The first-order chi connectivity index (χ1) is 8.21. The van der Waals surface area contributed by atoms with Crippen molar-refractivity contribution in [3.63, 3.8) is 0 Å². The highest BCUT2D eigenvalue weighted by Crippen LogP contribution is 2.19. The van der Waals surface area contributed by atoms with Crippen LogP contribution < -0.4 is 10.5 Å². The van der Waals surface area contributed by atoms with E-state index in [1.54, 1.807) is 0 Å². The van der Waals surface area contributed by atoms with Crippen LogP contribution in [0.15, 0.2) is 18.2 Å². The summed E-state index contributed by atoms with van der Waals surface area (Å²) in [6.07, 6.45) is 1.84. The molecule has 3 N–H and O–H groups in total. The van der Waals surface area contributed by atoms with Gasteiger partial charge in [0.2, 0.25) is 0 Å². The van der Waals surface area contributed by atoms with E-state index in [1.165, 1.54) is 11.1 Å². The normalized spacial score (nSPS) is 12.5. The summed E-state index contributed by atoms with van der Waals surface area (Å²) < 4.78 is 5.57. The average Bonchev–Trinajstić information content (AvgIpc) is 2.35. The summed E-state index contributed by atoms with van der Waals surface area (Å²) in [6, 6.07) is 6.11. The number of benzene rings is 1. The Balaban J connectivity index is 2.68. The van der Waals surface area contributed by atoms with Gasteiger partial charge in [0.1, 0.15) is 5.75 Å². The van der Waals surface area contributed by atoms with Crippen LogP contribution in [0.3, 0.4) is 0 Å². The summed E-state index contributed by atoms with van der Waals surface area (Å²) in [6.45, 7) is 5.57. The molecule has 3 nitrogen and oxygen atoms in total. The number of aliphatic hydroxyl groups excluding tert-OH is 1. The highest BCUT2D eigenvalue weighted by atomic mass is 16.5. The quantitative estimate of drug-likeness (QED) is 0.761. The fourth-order valence-corrected chi connectivity index (χ4v) is 1.74. The molecule has 1 atom stereocenters. The molecule has 0 spiro atoms. The lowest BCUT2D eigenvalue weighted by Crippen LogP contribution is -2.20. The van der Waals surface area contributed by atoms with Crippen molar-refractivity contribution in [1.29, 1.82) is 0 Å². The fourth-order valence-electron chi connectivity index (χ4n) is 1.74. The van der Waals surface area contributed by atoms with Crippen LogP contribution in [0.2, 0.25) is 0 Å². The predicted octanol–water partition coefficient (Wildman–Crippen LogP) is 1.89. The molecule has 0 radical (unpaired) electrons. The van der Waals surface area contributed by atoms with E-state index in [2.05, 4.69) is 26.0 Å². The molecule has 0 saturated carbocycles. The third kappa shape index (κ3) is 4.36.